The number of hydrogen-bond donors (Lipinski definition) is 1. The van der Waals surface area contributed by atoms with Crippen molar-refractivity contribution >= 4 is 23.6 Å². The smallest absolute Gasteiger partial charge is 0.327 e. The number of benzene rings is 1. The summed E-state index contributed by atoms with van der Waals surface area (Å²) in [5.41, 5.74) is 0.633. The Bertz CT molecular complexity index is 1170. The van der Waals surface area contributed by atoms with Gasteiger partial charge in [0.1, 0.15) is 18.3 Å². The van der Waals surface area contributed by atoms with Gasteiger partial charge in [-0.15, -0.1) is 0 Å². The van der Waals surface area contributed by atoms with Crippen molar-refractivity contribution in [3.05, 3.63) is 53.7 Å². The zero-order valence-electron chi connectivity index (χ0n) is 20.7. The molecule has 1 atom stereocenters. The van der Waals surface area contributed by atoms with Gasteiger partial charge >= 0.3 is 5.97 Å². The number of carbonyl (C=O) groups excluding carboxylic acids is 3. The van der Waals surface area contributed by atoms with Gasteiger partial charge in [0.05, 0.1) is 13.2 Å². The summed E-state index contributed by atoms with van der Waals surface area (Å²) in [5.74, 6) is -0.653. The summed E-state index contributed by atoms with van der Waals surface area (Å²) in [4.78, 5) is 39.1. The molecule has 0 bridgehead atoms. The minimum Gasteiger partial charge on any atom is -0.465 e. The maximum atomic E-state index is 14.9. The average molecular weight is 499 g/mol. The van der Waals surface area contributed by atoms with Crippen LogP contribution in [0.15, 0.2) is 42.3 Å². The maximum absolute atomic E-state index is 14.9. The molecule has 1 fully saturated rings. The van der Waals surface area contributed by atoms with Crippen LogP contribution in [0.2, 0.25) is 0 Å². The minimum atomic E-state index is -0.785. The third-order valence-electron chi connectivity index (χ3n) is 6.01. The Balaban J connectivity index is 1.42. The molecule has 192 valence electrons. The summed E-state index contributed by atoms with van der Waals surface area (Å²) in [6.07, 6.45) is 5.19. The van der Waals surface area contributed by atoms with Crippen LogP contribution in [0.4, 0.5) is 10.2 Å². The Morgan fingerprint density at radius 3 is 2.72 bits per heavy atom. The first-order valence-corrected chi connectivity index (χ1v) is 12.2. The number of aromatic nitrogens is 2. The van der Waals surface area contributed by atoms with Gasteiger partial charge in [-0.25, -0.2) is 4.39 Å². The Kier molecular flexibility index (Phi) is 7.71. The fourth-order valence-electron chi connectivity index (χ4n) is 4.18. The fraction of sp³-hybridized carbons (Fsp3) is 0.462. The molecular formula is C26H31FN4O5. The van der Waals surface area contributed by atoms with E-state index >= 15 is 0 Å². The molecule has 1 unspecified atom stereocenters. The van der Waals surface area contributed by atoms with Crippen LogP contribution in [0.5, 0.6) is 5.75 Å². The van der Waals surface area contributed by atoms with Gasteiger partial charge in [-0.1, -0.05) is 26.0 Å². The van der Waals surface area contributed by atoms with E-state index in [0.29, 0.717) is 12.0 Å². The third-order valence-corrected chi connectivity index (χ3v) is 6.01. The van der Waals surface area contributed by atoms with E-state index < -0.39 is 23.7 Å². The first kappa shape index (κ1) is 25.4. The second-order valence-electron chi connectivity index (χ2n) is 9.45. The van der Waals surface area contributed by atoms with Crippen molar-refractivity contribution in [2.75, 3.05) is 18.5 Å². The summed E-state index contributed by atoms with van der Waals surface area (Å²) in [5, 5.41) is 6.92. The molecule has 0 spiro atoms. The van der Waals surface area contributed by atoms with Crippen LogP contribution >= 0.6 is 0 Å². The van der Waals surface area contributed by atoms with Crippen LogP contribution in [0.3, 0.4) is 0 Å². The van der Waals surface area contributed by atoms with E-state index in [1.165, 1.54) is 15.7 Å². The third kappa shape index (κ3) is 6.10. The molecule has 4 rings (SSSR count). The molecule has 2 heterocycles. The molecular weight excluding hydrogens is 467 g/mol. The zero-order chi connectivity index (χ0) is 25.8. The van der Waals surface area contributed by atoms with E-state index in [2.05, 4.69) is 10.4 Å². The first-order chi connectivity index (χ1) is 17.2. The van der Waals surface area contributed by atoms with Gasteiger partial charge in [0, 0.05) is 18.3 Å². The number of rotatable bonds is 11. The molecule has 10 heteroatoms. The Labute approximate surface area is 209 Å². The number of halogens is 1. The number of esters is 1. The highest BCUT2D eigenvalue weighted by Gasteiger charge is 2.35. The van der Waals surface area contributed by atoms with Crippen molar-refractivity contribution < 1.29 is 28.2 Å². The predicted octanol–water partition coefficient (Wildman–Crippen LogP) is 3.62. The number of amides is 2. The van der Waals surface area contributed by atoms with Gasteiger partial charge in [0.25, 0.3) is 5.91 Å². The Morgan fingerprint density at radius 2 is 2.03 bits per heavy atom. The highest BCUT2D eigenvalue weighted by Crippen LogP contribution is 2.43. The zero-order valence-corrected chi connectivity index (χ0v) is 20.7. The molecule has 36 heavy (non-hydrogen) atoms. The monoisotopic (exact) mass is 498 g/mol. The second kappa shape index (κ2) is 10.9. The van der Waals surface area contributed by atoms with Gasteiger partial charge in [0.2, 0.25) is 5.91 Å². The molecule has 1 aromatic carbocycles. The second-order valence-corrected chi connectivity index (χ2v) is 9.45. The van der Waals surface area contributed by atoms with Crippen molar-refractivity contribution in [2.45, 2.75) is 58.5 Å². The van der Waals surface area contributed by atoms with Crippen molar-refractivity contribution in [1.29, 1.82) is 0 Å². The van der Waals surface area contributed by atoms with Gasteiger partial charge in [-0.2, -0.15) is 5.10 Å². The lowest BCUT2D eigenvalue weighted by atomic mass is 10.0. The summed E-state index contributed by atoms with van der Waals surface area (Å²) < 4.78 is 26.9. The highest BCUT2D eigenvalue weighted by molar-refractivity contribution is 5.99. The molecule has 1 aromatic heterocycles. The van der Waals surface area contributed by atoms with Gasteiger partial charge in [0.15, 0.2) is 17.4 Å². The number of nitrogens with zero attached hydrogens (tertiary/aromatic N) is 3. The topological polar surface area (TPSA) is 103 Å². The van der Waals surface area contributed by atoms with Gasteiger partial charge in [-0.3, -0.25) is 19.1 Å². The highest BCUT2D eigenvalue weighted by atomic mass is 19.1. The number of nitrogens with one attached hydrogen (secondary N) is 1. The summed E-state index contributed by atoms with van der Waals surface area (Å²) in [6, 6.07) is 5.83. The molecule has 1 N–H and O–H groups in total. The predicted molar refractivity (Wildman–Crippen MR) is 130 cm³/mol. The molecule has 0 radical (unpaired) electrons. The lowest BCUT2D eigenvalue weighted by Crippen LogP contribution is -2.46. The molecule has 9 nitrogen and oxygen atoms in total. The van der Waals surface area contributed by atoms with Crippen LogP contribution in [0.1, 0.15) is 51.5 Å². The van der Waals surface area contributed by atoms with Crippen molar-refractivity contribution in [3.8, 4) is 5.75 Å². The van der Waals surface area contributed by atoms with Gasteiger partial charge < -0.3 is 19.7 Å². The van der Waals surface area contributed by atoms with E-state index in [1.54, 1.807) is 37.4 Å². The molecule has 1 saturated carbocycles. The molecule has 0 saturated heterocycles. The fourth-order valence-corrected chi connectivity index (χ4v) is 4.18. The van der Waals surface area contributed by atoms with Crippen molar-refractivity contribution in [1.82, 2.24) is 14.7 Å². The summed E-state index contributed by atoms with van der Waals surface area (Å²) in [7, 11) is 0. The molecule has 2 amide bonds. The normalized spacial score (nSPS) is 16.2. The van der Waals surface area contributed by atoms with E-state index in [4.69, 9.17) is 9.47 Å². The van der Waals surface area contributed by atoms with Crippen LogP contribution < -0.4 is 10.1 Å². The molecule has 2 aliphatic rings. The first-order valence-electron chi connectivity index (χ1n) is 12.2. The largest absolute Gasteiger partial charge is 0.465 e. The Hall–Kier alpha value is -3.69. The van der Waals surface area contributed by atoms with Crippen molar-refractivity contribution in [3.63, 3.8) is 0 Å². The lowest BCUT2D eigenvalue weighted by Gasteiger charge is -2.28. The average Bonchev–Trinajstić information content (AvgIpc) is 3.47. The van der Waals surface area contributed by atoms with E-state index in [9.17, 15) is 18.8 Å². The van der Waals surface area contributed by atoms with Gasteiger partial charge in [-0.05, 0) is 49.7 Å². The van der Waals surface area contributed by atoms with Crippen LogP contribution in [-0.2, 0) is 25.7 Å². The quantitative estimate of drug-likeness (QED) is 0.475. The Morgan fingerprint density at radius 1 is 1.25 bits per heavy atom. The lowest BCUT2D eigenvalue weighted by molar-refractivity contribution is -0.144. The van der Waals surface area contributed by atoms with Crippen molar-refractivity contribution in [2.24, 2.45) is 5.92 Å². The molecule has 1 aliphatic carbocycles. The number of anilines is 1. The van der Waals surface area contributed by atoms with E-state index in [-0.39, 0.29) is 54.8 Å². The SMILES string of the molecule is CCOC(=O)Cn1ccc(NC(=O)C(CC(C)C)N2CC(Oc3cccc(C4CC4)c3F)=CC2=O)n1. The van der Waals surface area contributed by atoms with E-state index in [1.807, 2.05) is 13.8 Å². The number of hydrogen-bond acceptors (Lipinski definition) is 6. The number of carbonyl (C=O) groups is 3. The number of ether oxygens (including phenoxy) is 2. The van der Waals surface area contributed by atoms with E-state index in [0.717, 1.165) is 12.8 Å². The van der Waals surface area contributed by atoms with Crippen LogP contribution in [0, 0.1) is 11.7 Å². The summed E-state index contributed by atoms with van der Waals surface area (Å²) in [6.45, 7) is 5.87. The summed E-state index contributed by atoms with van der Waals surface area (Å²) >= 11 is 0. The van der Waals surface area contributed by atoms with Crippen LogP contribution in [-0.4, -0.2) is 51.7 Å². The molecule has 1 aliphatic heterocycles. The minimum absolute atomic E-state index is 0.0496. The standard InChI is InChI=1S/C26H31FN4O5/c1-4-35-24(33)15-30-11-10-22(29-30)28-26(34)20(12-16(2)3)31-14-18(13-23(31)32)36-21-7-5-6-19(25(21)27)17-8-9-17/h5-7,10-11,13,16-17,20H,4,8-9,12,14-15H2,1-3H3,(H,28,29,34). The van der Waals surface area contributed by atoms with Crippen LogP contribution in [0.25, 0.3) is 0 Å². The molecule has 2 aromatic rings. The maximum Gasteiger partial charge on any atom is 0.327 e.